The Hall–Kier alpha value is 0.340. The average molecular weight is 185 g/mol. The van der Waals surface area contributed by atoms with E-state index in [0.29, 0.717) is 12.8 Å². The predicted molar refractivity (Wildman–Crippen MR) is 31.5 cm³/mol. The van der Waals surface area contributed by atoms with Gasteiger partial charge in [-0.3, -0.25) is 0 Å². The maximum absolute atomic E-state index is 12.3. The second kappa shape index (κ2) is 1.94. The molecule has 1 rings (SSSR count). The standard InChI is InChI=1S/C5H7BrF2/c6-4-2-1-3-5(4,7)8/h4H,1-3H2. The van der Waals surface area contributed by atoms with Crippen molar-refractivity contribution in [1.82, 2.24) is 0 Å². The lowest BCUT2D eigenvalue weighted by atomic mass is 10.3. The number of hydrogen-bond donors (Lipinski definition) is 0. The fourth-order valence-corrected chi connectivity index (χ4v) is 1.44. The summed E-state index contributed by atoms with van der Waals surface area (Å²) in [7, 11) is 0. The van der Waals surface area contributed by atoms with E-state index >= 15 is 0 Å². The molecule has 0 aromatic heterocycles. The zero-order chi connectivity index (χ0) is 6.20. The molecule has 1 atom stereocenters. The lowest BCUT2D eigenvalue weighted by Crippen LogP contribution is -2.20. The Morgan fingerprint density at radius 2 is 2.12 bits per heavy atom. The van der Waals surface area contributed by atoms with Gasteiger partial charge in [0.25, 0.3) is 5.92 Å². The van der Waals surface area contributed by atoms with Crippen LogP contribution >= 0.6 is 15.9 Å². The molecule has 1 aliphatic carbocycles. The lowest BCUT2D eigenvalue weighted by molar-refractivity contribution is 0.0165. The van der Waals surface area contributed by atoms with Crippen molar-refractivity contribution < 1.29 is 8.78 Å². The van der Waals surface area contributed by atoms with Gasteiger partial charge >= 0.3 is 0 Å². The van der Waals surface area contributed by atoms with E-state index in [2.05, 4.69) is 15.9 Å². The number of alkyl halides is 3. The van der Waals surface area contributed by atoms with Crippen LogP contribution in [0.25, 0.3) is 0 Å². The summed E-state index contributed by atoms with van der Waals surface area (Å²) >= 11 is 2.91. The summed E-state index contributed by atoms with van der Waals surface area (Å²) in [6.45, 7) is 0. The molecule has 0 bridgehead atoms. The van der Waals surface area contributed by atoms with Crippen molar-refractivity contribution in [3.8, 4) is 0 Å². The van der Waals surface area contributed by atoms with Crippen LogP contribution in [0.4, 0.5) is 8.78 Å². The Bertz CT molecular complexity index is 92.4. The van der Waals surface area contributed by atoms with Crippen molar-refractivity contribution in [2.75, 3.05) is 0 Å². The van der Waals surface area contributed by atoms with Gasteiger partial charge in [0.05, 0.1) is 4.83 Å². The summed E-state index contributed by atoms with van der Waals surface area (Å²) in [5, 5.41) is 0. The molecule has 0 aliphatic heterocycles. The van der Waals surface area contributed by atoms with Gasteiger partial charge in [-0.15, -0.1) is 0 Å². The van der Waals surface area contributed by atoms with Gasteiger partial charge in [-0.25, -0.2) is 8.78 Å². The summed E-state index contributed by atoms with van der Waals surface area (Å²) in [4.78, 5) is -0.560. The monoisotopic (exact) mass is 184 g/mol. The van der Waals surface area contributed by atoms with Gasteiger partial charge in [-0.05, 0) is 12.8 Å². The molecule has 0 amide bonds. The molecule has 0 radical (unpaired) electrons. The average Bonchev–Trinajstić information content (AvgIpc) is 1.86. The zero-order valence-electron chi connectivity index (χ0n) is 4.33. The van der Waals surface area contributed by atoms with Crippen LogP contribution in [0.3, 0.4) is 0 Å². The minimum absolute atomic E-state index is 0.0584. The summed E-state index contributed by atoms with van der Waals surface area (Å²) in [5.41, 5.74) is 0. The van der Waals surface area contributed by atoms with Crippen LogP contribution in [-0.2, 0) is 0 Å². The van der Waals surface area contributed by atoms with Gasteiger partial charge in [0, 0.05) is 6.42 Å². The quantitative estimate of drug-likeness (QED) is 0.508. The van der Waals surface area contributed by atoms with Gasteiger partial charge in [0.15, 0.2) is 0 Å². The van der Waals surface area contributed by atoms with E-state index in [1.54, 1.807) is 0 Å². The molecule has 1 unspecified atom stereocenters. The number of rotatable bonds is 0. The van der Waals surface area contributed by atoms with E-state index < -0.39 is 10.7 Å². The first kappa shape index (κ1) is 6.46. The summed E-state index contributed by atoms with van der Waals surface area (Å²) in [5.74, 6) is -2.43. The van der Waals surface area contributed by atoms with Crippen LogP contribution in [0, 0.1) is 0 Å². The second-order valence-corrected chi connectivity index (χ2v) is 3.23. The van der Waals surface area contributed by atoms with Crippen LogP contribution in [0.1, 0.15) is 19.3 Å². The fourth-order valence-electron chi connectivity index (χ4n) is 0.885. The highest BCUT2D eigenvalue weighted by molar-refractivity contribution is 9.09. The number of halogens is 3. The first-order chi connectivity index (χ1) is 3.63. The number of hydrogen-bond acceptors (Lipinski definition) is 0. The molecule has 0 spiro atoms. The fraction of sp³-hybridized carbons (Fsp3) is 1.00. The Morgan fingerprint density at radius 3 is 2.25 bits per heavy atom. The largest absolute Gasteiger partial charge is 0.260 e. The third-order valence-corrected chi connectivity index (χ3v) is 2.55. The van der Waals surface area contributed by atoms with E-state index in [9.17, 15) is 8.78 Å². The summed E-state index contributed by atoms with van der Waals surface area (Å²) < 4.78 is 24.6. The van der Waals surface area contributed by atoms with Gasteiger partial charge in [-0.2, -0.15) is 0 Å². The van der Waals surface area contributed by atoms with Crippen LogP contribution in [0.2, 0.25) is 0 Å². The highest BCUT2D eigenvalue weighted by Crippen LogP contribution is 2.39. The highest BCUT2D eigenvalue weighted by Gasteiger charge is 2.41. The third kappa shape index (κ3) is 1.02. The van der Waals surface area contributed by atoms with Crippen molar-refractivity contribution >= 4 is 15.9 Å². The van der Waals surface area contributed by atoms with Gasteiger partial charge < -0.3 is 0 Å². The molecule has 1 saturated carbocycles. The molecule has 0 aromatic rings. The SMILES string of the molecule is FC1(F)CCCC1Br. The molecule has 0 aromatic carbocycles. The van der Waals surface area contributed by atoms with Crippen molar-refractivity contribution in [2.45, 2.75) is 30.0 Å². The second-order valence-electron chi connectivity index (χ2n) is 2.12. The first-order valence-electron chi connectivity index (χ1n) is 2.65. The predicted octanol–water partition coefficient (Wildman–Crippen LogP) is 2.57. The van der Waals surface area contributed by atoms with Crippen LogP contribution in [0.5, 0.6) is 0 Å². The van der Waals surface area contributed by atoms with Crippen molar-refractivity contribution in [3.63, 3.8) is 0 Å². The molecule has 0 heterocycles. The maximum atomic E-state index is 12.3. The molecule has 0 nitrogen and oxygen atoms in total. The smallest absolute Gasteiger partial charge is 0.206 e. The van der Waals surface area contributed by atoms with Crippen LogP contribution in [-0.4, -0.2) is 10.7 Å². The van der Waals surface area contributed by atoms with Crippen molar-refractivity contribution in [2.24, 2.45) is 0 Å². The third-order valence-electron chi connectivity index (χ3n) is 1.43. The van der Waals surface area contributed by atoms with Crippen molar-refractivity contribution in [3.05, 3.63) is 0 Å². The first-order valence-corrected chi connectivity index (χ1v) is 3.56. The molecule has 8 heavy (non-hydrogen) atoms. The van der Waals surface area contributed by atoms with Gasteiger partial charge in [-0.1, -0.05) is 15.9 Å². The molecular weight excluding hydrogens is 178 g/mol. The van der Waals surface area contributed by atoms with E-state index in [4.69, 9.17) is 0 Å². The maximum Gasteiger partial charge on any atom is 0.260 e. The summed E-state index contributed by atoms with van der Waals surface area (Å²) in [6, 6.07) is 0. The molecular formula is C5H7BrF2. The van der Waals surface area contributed by atoms with E-state index in [-0.39, 0.29) is 6.42 Å². The van der Waals surface area contributed by atoms with Gasteiger partial charge in [0.1, 0.15) is 0 Å². The normalized spacial score (nSPS) is 35.6. The molecule has 1 aliphatic rings. The zero-order valence-corrected chi connectivity index (χ0v) is 5.92. The Labute approximate surface area is 55.4 Å². The minimum Gasteiger partial charge on any atom is -0.206 e. The molecule has 3 heteroatoms. The topological polar surface area (TPSA) is 0 Å². The lowest BCUT2D eigenvalue weighted by Gasteiger charge is -2.10. The molecule has 1 fully saturated rings. The minimum atomic E-state index is -2.43. The molecule has 0 N–H and O–H groups in total. The highest BCUT2D eigenvalue weighted by atomic mass is 79.9. The van der Waals surface area contributed by atoms with Crippen molar-refractivity contribution in [1.29, 1.82) is 0 Å². The summed E-state index contributed by atoms with van der Waals surface area (Å²) in [6.07, 6.45) is 1.33. The Kier molecular flexibility index (Phi) is 1.56. The van der Waals surface area contributed by atoms with E-state index in [1.165, 1.54) is 0 Å². The molecule has 0 saturated heterocycles. The molecule has 48 valence electrons. The van der Waals surface area contributed by atoms with E-state index in [1.807, 2.05) is 0 Å². The van der Waals surface area contributed by atoms with Gasteiger partial charge in [0.2, 0.25) is 0 Å². The van der Waals surface area contributed by atoms with E-state index in [0.717, 1.165) is 0 Å². The van der Waals surface area contributed by atoms with Crippen LogP contribution in [0.15, 0.2) is 0 Å². The van der Waals surface area contributed by atoms with Crippen LogP contribution < -0.4 is 0 Å². The Morgan fingerprint density at radius 1 is 1.50 bits per heavy atom. The Balaban J connectivity index is 2.54.